The van der Waals surface area contributed by atoms with Crippen LogP contribution in [0, 0.1) is 18.7 Å². The van der Waals surface area contributed by atoms with Gasteiger partial charge in [0.2, 0.25) is 0 Å². The predicted molar refractivity (Wildman–Crippen MR) is 137 cm³/mol. The van der Waals surface area contributed by atoms with Crippen LogP contribution in [0.25, 0.3) is 5.52 Å². The number of carbonyl (C=O) groups is 1. The second-order valence-electron chi connectivity index (χ2n) is 9.54. The zero-order chi connectivity index (χ0) is 26.0. The van der Waals surface area contributed by atoms with Gasteiger partial charge in [0, 0.05) is 43.6 Å². The summed E-state index contributed by atoms with van der Waals surface area (Å²) in [6.45, 7) is 9.32. The van der Waals surface area contributed by atoms with Gasteiger partial charge in [-0.1, -0.05) is 18.5 Å². The molecular weight excluding hydrogens is 485 g/mol. The minimum atomic E-state index is -0.801. The Labute approximate surface area is 215 Å². The molecule has 1 amide bonds. The summed E-state index contributed by atoms with van der Waals surface area (Å²) in [6, 6.07) is 1.51. The van der Waals surface area contributed by atoms with Crippen molar-refractivity contribution in [1.29, 1.82) is 0 Å². The number of benzene rings is 1. The maximum atomic E-state index is 15.4. The van der Waals surface area contributed by atoms with Gasteiger partial charge in [0.1, 0.15) is 28.5 Å². The molecule has 0 radical (unpaired) electrons. The Morgan fingerprint density at radius 3 is 2.78 bits per heavy atom. The van der Waals surface area contributed by atoms with Gasteiger partial charge in [-0.3, -0.25) is 9.20 Å². The van der Waals surface area contributed by atoms with Gasteiger partial charge >= 0.3 is 0 Å². The maximum absolute atomic E-state index is 15.4. The first-order valence-electron chi connectivity index (χ1n) is 12.3. The number of fused-ring (bicyclic) bond motifs is 1. The summed E-state index contributed by atoms with van der Waals surface area (Å²) in [6.07, 6.45) is 5.79. The Hall–Kier alpha value is -2.91. The number of anilines is 1. The average Bonchev–Trinajstić information content (AvgIpc) is 3.19. The van der Waals surface area contributed by atoms with Crippen molar-refractivity contribution in [3.63, 3.8) is 0 Å². The van der Waals surface area contributed by atoms with Crippen LogP contribution in [0.3, 0.4) is 0 Å². The Morgan fingerprint density at radius 1 is 1.36 bits per heavy atom. The summed E-state index contributed by atoms with van der Waals surface area (Å²) < 4.78 is 28.7. The number of aromatic nitrogens is 3. The molecule has 3 aromatic rings. The molecule has 1 aromatic carbocycles. The Kier molecular flexibility index (Phi) is 8.00. The summed E-state index contributed by atoms with van der Waals surface area (Å²) >= 11 is 6.33. The molecule has 1 aliphatic heterocycles. The molecule has 3 N–H and O–H groups in total. The van der Waals surface area contributed by atoms with Crippen molar-refractivity contribution in [2.45, 2.75) is 59.0 Å². The summed E-state index contributed by atoms with van der Waals surface area (Å²) in [5.74, 6) is -0.0922. The molecule has 10 heteroatoms. The zero-order valence-electron chi connectivity index (χ0n) is 21.1. The van der Waals surface area contributed by atoms with Gasteiger partial charge in [-0.05, 0) is 52.0 Å². The number of imidazole rings is 1. The molecule has 1 unspecified atom stereocenters. The van der Waals surface area contributed by atoms with Gasteiger partial charge in [0.05, 0.1) is 16.8 Å². The van der Waals surface area contributed by atoms with Gasteiger partial charge in [-0.25, -0.2) is 14.4 Å². The molecule has 1 atom stereocenters. The summed E-state index contributed by atoms with van der Waals surface area (Å²) in [7, 11) is 0. The second kappa shape index (κ2) is 11.0. The first kappa shape index (κ1) is 26.2. The third kappa shape index (κ3) is 5.27. The lowest BCUT2D eigenvalue weighted by Gasteiger charge is -2.23. The van der Waals surface area contributed by atoms with Crippen LogP contribution in [0.5, 0.6) is 5.75 Å². The quantitative estimate of drug-likeness (QED) is 0.440. The van der Waals surface area contributed by atoms with E-state index in [1.807, 2.05) is 32.1 Å². The number of hydrogen-bond donors (Lipinski definition) is 2. The Balaban J connectivity index is 1.72. The van der Waals surface area contributed by atoms with Crippen molar-refractivity contribution in [2.24, 2.45) is 5.92 Å². The van der Waals surface area contributed by atoms with Crippen LogP contribution < -0.4 is 15.8 Å². The molecule has 0 saturated carbocycles. The first-order valence-corrected chi connectivity index (χ1v) is 12.7. The maximum Gasteiger partial charge on any atom is 0.258 e. The molecule has 3 heterocycles. The van der Waals surface area contributed by atoms with Crippen LogP contribution in [0.15, 0.2) is 18.5 Å². The molecule has 1 fully saturated rings. The van der Waals surface area contributed by atoms with E-state index in [2.05, 4.69) is 10.3 Å². The molecule has 0 aliphatic carbocycles. The predicted octanol–water partition coefficient (Wildman–Crippen LogP) is 4.90. The SMILES string of the molecule is Cc1nc(C(C)c2cc(Cl)c(F)c(C(=O)NCCC3CCOCC3)c2OC(C)C)n2ccnc(N)c12. The van der Waals surface area contributed by atoms with Crippen molar-refractivity contribution >= 4 is 28.8 Å². The number of ether oxygens (including phenoxy) is 2. The van der Waals surface area contributed by atoms with E-state index in [1.54, 1.807) is 12.4 Å². The lowest BCUT2D eigenvalue weighted by molar-refractivity contribution is 0.0635. The summed E-state index contributed by atoms with van der Waals surface area (Å²) in [5.41, 5.74) is 7.87. The lowest BCUT2D eigenvalue weighted by atomic mass is 9.95. The Bertz CT molecular complexity index is 1260. The highest BCUT2D eigenvalue weighted by molar-refractivity contribution is 6.31. The van der Waals surface area contributed by atoms with Gasteiger partial charge in [-0.2, -0.15) is 0 Å². The van der Waals surface area contributed by atoms with Gasteiger partial charge in [0.15, 0.2) is 5.82 Å². The summed E-state index contributed by atoms with van der Waals surface area (Å²) in [4.78, 5) is 22.1. The minimum absolute atomic E-state index is 0.152. The molecular formula is C26H33ClFN5O3. The topological polar surface area (TPSA) is 104 Å². The van der Waals surface area contributed by atoms with Crippen molar-refractivity contribution in [1.82, 2.24) is 19.7 Å². The summed E-state index contributed by atoms with van der Waals surface area (Å²) in [5, 5.41) is 2.72. The highest BCUT2D eigenvalue weighted by Gasteiger charge is 2.30. The molecule has 8 nitrogen and oxygen atoms in total. The number of rotatable bonds is 8. The fourth-order valence-electron chi connectivity index (χ4n) is 4.74. The van der Waals surface area contributed by atoms with E-state index in [4.69, 9.17) is 31.8 Å². The van der Waals surface area contributed by atoms with E-state index in [0.29, 0.717) is 40.9 Å². The Morgan fingerprint density at radius 2 is 2.08 bits per heavy atom. The normalized spacial score (nSPS) is 15.4. The number of nitrogens with zero attached hydrogens (tertiary/aromatic N) is 3. The van der Waals surface area contributed by atoms with Crippen LogP contribution in [0.4, 0.5) is 10.2 Å². The van der Waals surface area contributed by atoms with Gasteiger partial charge in [0.25, 0.3) is 5.91 Å². The number of amides is 1. The van der Waals surface area contributed by atoms with E-state index >= 15 is 4.39 Å². The second-order valence-corrected chi connectivity index (χ2v) is 9.95. The van der Waals surface area contributed by atoms with Crippen LogP contribution in [0.2, 0.25) is 5.02 Å². The molecule has 4 rings (SSSR count). The number of nitrogens with two attached hydrogens (primary N) is 1. The van der Waals surface area contributed by atoms with Crippen molar-refractivity contribution in [3.8, 4) is 5.75 Å². The third-order valence-electron chi connectivity index (χ3n) is 6.60. The highest BCUT2D eigenvalue weighted by atomic mass is 35.5. The fraction of sp³-hybridized carbons (Fsp3) is 0.500. The average molecular weight is 518 g/mol. The largest absolute Gasteiger partial charge is 0.490 e. The van der Waals surface area contributed by atoms with Crippen molar-refractivity contribution < 1.29 is 18.7 Å². The van der Waals surface area contributed by atoms with E-state index in [-0.39, 0.29) is 22.4 Å². The van der Waals surface area contributed by atoms with E-state index in [1.165, 1.54) is 6.07 Å². The van der Waals surface area contributed by atoms with Gasteiger partial charge in [-0.15, -0.1) is 0 Å². The lowest BCUT2D eigenvalue weighted by Crippen LogP contribution is -2.29. The fourth-order valence-corrected chi connectivity index (χ4v) is 4.95. The van der Waals surface area contributed by atoms with Crippen molar-refractivity contribution in [2.75, 3.05) is 25.5 Å². The van der Waals surface area contributed by atoms with E-state index in [0.717, 1.165) is 32.5 Å². The van der Waals surface area contributed by atoms with E-state index < -0.39 is 17.6 Å². The van der Waals surface area contributed by atoms with Crippen LogP contribution in [-0.4, -0.2) is 46.1 Å². The molecule has 1 saturated heterocycles. The third-order valence-corrected chi connectivity index (χ3v) is 6.87. The number of hydrogen-bond acceptors (Lipinski definition) is 6. The number of halogens is 2. The standard InChI is InChI=1S/C26H33ClFN5O3/c1-14(2)36-23-18(15(3)25-32-16(4)22-24(29)30-9-10-33(22)25)13-19(27)21(28)20(23)26(34)31-8-5-17-6-11-35-12-7-17/h9-10,13-15,17H,5-8,11-12H2,1-4H3,(H2,29,30)(H,31,34). The number of aryl methyl sites for hydroxylation is 1. The van der Waals surface area contributed by atoms with Crippen molar-refractivity contribution in [3.05, 3.63) is 51.9 Å². The molecule has 1 aliphatic rings. The smallest absolute Gasteiger partial charge is 0.258 e. The van der Waals surface area contributed by atoms with Crippen LogP contribution in [-0.2, 0) is 4.74 Å². The molecule has 2 aromatic heterocycles. The zero-order valence-corrected chi connectivity index (χ0v) is 21.9. The monoisotopic (exact) mass is 517 g/mol. The van der Waals surface area contributed by atoms with Crippen LogP contribution >= 0.6 is 11.6 Å². The minimum Gasteiger partial charge on any atom is -0.490 e. The first-order chi connectivity index (χ1) is 17.2. The van der Waals surface area contributed by atoms with Crippen LogP contribution in [0.1, 0.15) is 73.4 Å². The molecule has 36 heavy (non-hydrogen) atoms. The molecule has 0 spiro atoms. The van der Waals surface area contributed by atoms with Gasteiger partial charge < -0.3 is 20.5 Å². The number of nitrogens with one attached hydrogen (secondary N) is 1. The molecule has 194 valence electrons. The number of nitrogen functional groups attached to an aromatic ring is 1. The highest BCUT2D eigenvalue weighted by Crippen LogP contribution is 2.40. The number of carbonyl (C=O) groups excluding carboxylic acids is 1. The van der Waals surface area contributed by atoms with E-state index in [9.17, 15) is 4.79 Å². The molecule has 0 bridgehead atoms.